The number of amides is 1. The van der Waals surface area contributed by atoms with E-state index in [4.69, 9.17) is 4.74 Å². The SMILES string of the molecule is COCC(C)(NC(=O)Cn1nc(-c2ccccc2)ccc1=O)C(=O)O. The molecule has 8 heteroatoms. The Bertz CT molecular complexity index is 819. The number of nitrogens with zero attached hydrogens (tertiary/aromatic N) is 2. The summed E-state index contributed by atoms with van der Waals surface area (Å²) in [4.78, 5) is 35.4. The molecule has 1 atom stereocenters. The van der Waals surface area contributed by atoms with Gasteiger partial charge in [-0.1, -0.05) is 30.3 Å². The average Bonchev–Trinajstić information content (AvgIpc) is 2.57. The highest BCUT2D eigenvalue weighted by Crippen LogP contribution is 2.14. The average molecular weight is 345 g/mol. The predicted molar refractivity (Wildman–Crippen MR) is 90.0 cm³/mol. The first-order valence-corrected chi connectivity index (χ1v) is 7.52. The number of hydrogen-bond donors (Lipinski definition) is 2. The van der Waals surface area contributed by atoms with Crippen molar-refractivity contribution in [3.63, 3.8) is 0 Å². The Morgan fingerprint density at radius 3 is 2.52 bits per heavy atom. The van der Waals surface area contributed by atoms with E-state index in [2.05, 4.69) is 10.4 Å². The van der Waals surface area contributed by atoms with Crippen LogP contribution < -0.4 is 10.9 Å². The first-order valence-electron chi connectivity index (χ1n) is 7.52. The molecule has 0 fully saturated rings. The maximum atomic E-state index is 12.2. The number of ether oxygens (including phenoxy) is 1. The number of carbonyl (C=O) groups is 2. The van der Waals surface area contributed by atoms with Gasteiger partial charge in [-0.2, -0.15) is 5.10 Å². The van der Waals surface area contributed by atoms with Crippen LogP contribution in [0.25, 0.3) is 11.3 Å². The number of carbonyl (C=O) groups excluding carboxylic acids is 1. The minimum absolute atomic E-state index is 0.208. The lowest BCUT2D eigenvalue weighted by Gasteiger charge is -2.25. The largest absolute Gasteiger partial charge is 0.479 e. The molecule has 132 valence electrons. The van der Waals surface area contributed by atoms with Crippen LogP contribution in [0, 0.1) is 0 Å². The van der Waals surface area contributed by atoms with Gasteiger partial charge in [0.05, 0.1) is 12.3 Å². The Labute approximate surface area is 144 Å². The quantitative estimate of drug-likeness (QED) is 0.757. The molecule has 8 nitrogen and oxygen atoms in total. The lowest BCUT2D eigenvalue weighted by atomic mass is 10.0. The minimum atomic E-state index is -1.59. The Morgan fingerprint density at radius 2 is 1.92 bits per heavy atom. The molecule has 2 rings (SSSR count). The van der Waals surface area contributed by atoms with Gasteiger partial charge >= 0.3 is 5.97 Å². The van der Waals surface area contributed by atoms with E-state index >= 15 is 0 Å². The molecule has 2 N–H and O–H groups in total. The van der Waals surface area contributed by atoms with Crippen LogP contribution >= 0.6 is 0 Å². The molecular formula is C17H19N3O5. The van der Waals surface area contributed by atoms with Gasteiger partial charge in [0.2, 0.25) is 5.91 Å². The third kappa shape index (κ3) is 4.51. The van der Waals surface area contributed by atoms with Gasteiger partial charge in [0.1, 0.15) is 6.54 Å². The standard InChI is InChI=1S/C17H19N3O5/c1-17(11-25-2,16(23)24)18-14(21)10-20-15(22)9-8-13(19-20)12-6-4-3-5-7-12/h3-9H,10-11H2,1-2H3,(H,18,21)(H,23,24). The number of rotatable bonds is 7. The first-order chi connectivity index (χ1) is 11.9. The second kappa shape index (κ2) is 7.71. The molecule has 0 aliphatic carbocycles. The highest BCUT2D eigenvalue weighted by Gasteiger charge is 2.35. The molecule has 0 saturated carbocycles. The number of aromatic nitrogens is 2. The Balaban J connectivity index is 2.21. The summed E-state index contributed by atoms with van der Waals surface area (Å²) in [6.45, 7) is 0.722. The van der Waals surface area contributed by atoms with E-state index in [9.17, 15) is 19.5 Å². The Hall–Kier alpha value is -3.00. The van der Waals surface area contributed by atoms with E-state index < -0.39 is 29.5 Å². The van der Waals surface area contributed by atoms with Crippen LogP contribution in [0.4, 0.5) is 0 Å². The number of methoxy groups -OCH3 is 1. The molecule has 1 aromatic carbocycles. The van der Waals surface area contributed by atoms with Crippen molar-refractivity contribution in [3.05, 3.63) is 52.8 Å². The molecule has 0 aliphatic heterocycles. The van der Waals surface area contributed by atoms with Crippen molar-refractivity contribution >= 4 is 11.9 Å². The van der Waals surface area contributed by atoms with Crippen LogP contribution in [-0.4, -0.2) is 46.0 Å². The second-order valence-corrected chi connectivity index (χ2v) is 5.70. The molecule has 0 spiro atoms. The van der Waals surface area contributed by atoms with Crippen molar-refractivity contribution in [2.75, 3.05) is 13.7 Å². The number of benzene rings is 1. The molecule has 0 aliphatic rings. The monoisotopic (exact) mass is 345 g/mol. The molecule has 1 heterocycles. The number of aliphatic carboxylic acids is 1. The molecule has 0 radical (unpaired) electrons. The van der Waals surface area contributed by atoms with Crippen LogP contribution in [0.1, 0.15) is 6.92 Å². The summed E-state index contributed by atoms with van der Waals surface area (Å²) in [5.41, 5.74) is -0.720. The third-order valence-electron chi connectivity index (χ3n) is 3.55. The van der Waals surface area contributed by atoms with Gasteiger partial charge < -0.3 is 15.2 Å². The third-order valence-corrected chi connectivity index (χ3v) is 3.55. The van der Waals surface area contributed by atoms with E-state index in [-0.39, 0.29) is 6.61 Å². The molecule has 25 heavy (non-hydrogen) atoms. The highest BCUT2D eigenvalue weighted by atomic mass is 16.5. The summed E-state index contributed by atoms with van der Waals surface area (Å²) >= 11 is 0. The lowest BCUT2D eigenvalue weighted by Crippen LogP contribution is -2.56. The van der Waals surface area contributed by atoms with E-state index in [1.165, 1.54) is 20.1 Å². The van der Waals surface area contributed by atoms with Crippen LogP contribution in [0.5, 0.6) is 0 Å². The fourth-order valence-corrected chi connectivity index (χ4v) is 2.25. The van der Waals surface area contributed by atoms with Crippen LogP contribution in [0.15, 0.2) is 47.3 Å². The minimum Gasteiger partial charge on any atom is -0.479 e. The van der Waals surface area contributed by atoms with Gasteiger partial charge in [-0.25, -0.2) is 9.48 Å². The normalized spacial score (nSPS) is 13.0. The van der Waals surface area contributed by atoms with Gasteiger partial charge in [0, 0.05) is 18.7 Å². The van der Waals surface area contributed by atoms with E-state index in [1.54, 1.807) is 6.07 Å². The van der Waals surface area contributed by atoms with Crippen molar-refractivity contribution in [1.29, 1.82) is 0 Å². The molecule has 1 aromatic heterocycles. The number of carboxylic acid groups (broad SMARTS) is 1. The van der Waals surface area contributed by atoms with Gasteiger partial charge in [-0.05, 0) is 13.0 Å². The second-order valence-electron chi connectivity index (χ2n) is 5.70. The van der Waals surface area contributed by atoms with E-state index in [0.717, 1.165) is 10.2 Å². The zero-order valence-corrected chi connectivity index (χ0v) is 13.9. The van der Waals surface area contributed by atoms with Crippen LogP contribution in [-0.2, 0) is 20.9 Å². The maximum absolute atomic E-state index is 12.2. The van der Waals surface area contributed by atoms with Gasteiger partial charge in [-0.3, -0.25) is 9.59 Å². The van der Waals surface area contributed by atoms with Gasteiger partial charge in [-0.15, -0.1) is 0 Å². The molecule has 0 saturated heterocycles. The summed E-state index contributed by atoms with van der Waals surface area (Å²) in [7, 11) is 1.34. The first kappa shape index (κ1) is 18.3. The smallest absolute Gasteiger partial charge is 0.331 e. The summed E-state index contributed by atoms with van der Waals surface area (Å²) in [6.07, 6.45) is 0. The van der Waals surface area contributed by atoms with Crippen molar-refractivity contribution in [1.82, 2.24) is 15.1 Å². The summed E-state index contributed by atoms with van der Waals surface area (Å²) in [6, 6.07) is 12.1. The predicted octanol–water partition coefficient (Wildman–Crippen LogP) is 0.516. The van der Waals surface area contributed by atoms with Gasteiger partial charge in [0.15, 0.2) is 5.54 Å². The highest BCUT2D eigenvalue weighted by molar-refractivity contribution is 5.86. The summed E-state index contributed by atoms with van der Waals surface area (Å²) in [5.74, 6) is -1.89. The van der Waals surface area contributed by atoms with Crippen molar-refractivity contribution in [2.45, 2.75) is 19.0 Å². The Kier molecular flexibility index (Phi) is 5.66. The molecule has 1 amide bonds. The van der Waals surface area contributed by atoms with Crippen molar-refractivity contribution in [2.24, 2.45) is 0 Å². The Morgan fingerprint density at radius 1 is 1.24 bits per heavy atom. The maximum Gasteiger partial charge on any atom is 0.331 e. The van der Waals surface area contributed by atoms with E-state index in [1.807, 2.05) is 30.3 Å². The molecular weight excluding hydrogens is 326 g/mol. The van der Waals surface area contributed by atoms with Crippen LogP contribution in [0.3, 0.4) is 0 Å². The van der Waals surface area contributed by atoms with Crippen molar-refractivity contribution < 1.29 is 19.4 Å². The number of carboxylic acids is 1. The number of nitrogens with one attached hydrogen (secondary N) is 1. The zero-order valence-electron chi connectivity index (χ0n) is 13.9. The summed E-state index contributed by atoms with van der Waals surface area (Å²) < 4.78 is 5.83. The fourth-order valence-electron chi connectivity index (χ4n) is 2.25. The van der Waals surface area contributed by atoms with Crippen molar-refractivity contribution in [3.8, 4) is 11.3 Å². The summed E-state index contributed by atoms with van der Waals surface area (Å²) in [5, 5.41) is 15.8. The topological polar surface area (TPSA) is 111 Å². The molecule has 0 bridgehead atoms. The van der Waals surface area contributed by atoms with Crippen LogP contribution in [0.2, 0.25) is 0 Å². The van der Waals surface area contributed by atoms with Gasteiger partial charge in [0.25, 0.3) is 5.56 Å². The fraction of sp³-hybridized carbons (Fsp3) is 0.294. The molecule has 1 unspecified atom stereocenters. The number of hydrogen-bond acceptors (Lipinski definition) is 5. The zero-order chi connectivity index (χ0) is 18.4. The lowest BCUT2D eigenvalue weighted by molar-refractivity contribution is -0.149. The van der Waals surface area contributed by atoms with E-state index in [0.29, 0.717) is 5.69 Å². The molecule has 2 aromatic rings.